The van der Waals surface area contributed by atoms with Crippen LogP contribution in [0.3, 0.4) is 0 Å². The first-order chi connectivity index (χ1) is 9.04. The minimum Gasteiger partial charge on any atom is -0.423 e. The molecule has 0 amide bonds. The number of benzene rings is 1. The Labute approximate surface area is 117 Å². The molecular weight excluding hydrogens is 262 g/mol. The zero-order chi connectivity index (χ0) is 13.8. The quantitative estimate of drug-likeness (QED) is 0.933. The fraction of sp³-hybridized carbons (Fsp3) is 0.286. The Bertz CT molecular complexity index is 555. The summed E-state index contributed by atoms with van der Waals surface area (Å²) in [4.78, 5) is 8.29. The number of rotatable bonds is 4. The maximum absolute atomic E-state index is 6.08. The lowest BCUT2D eigenvalue weighted by atomic mass is 10.1. The number of ether oxygens (including phenoxy) is 1. The van der Waals surface area contributed by atoms with Crippen molar-refractivity contribution in [3.8, 4) is 11.8 Å². The van der Waals surface area contributed by atoms with Crippen LogP contribution in [-0.4, -0.2) is 16.0 Å². The molecule has 1 atom stereocenters. The Hall–Kier alpha value is -1.65. The second-order valence-electron chi connectivity index (χ2n) is 4.59. The van der Waals surface area contributed by atoms with Crippen molar-refractivity contribution >= 4 is 11.6 Å². The van der Waals surface area contributed by atoms with Crippen LogP contribution in [0.25, 0.3) is 0 Å². The van der Waals surface area contributed by atoms with Gasteiger partial charge in [0.1, 0.15) is 5.75 Å². The molecule has 0 saturated carbocycles. The van der Waals surface area contributed by atoms with Crippen LogP contribution in [0, 0.1) is 6.92 Å². The van der Waals surface area contributed by atoms with Gasteiger partial charge in [-0.2, -0.15) is 0 Å². The molecule has 0 spiro atoms. The fourth-order valence-electron chi connectivity index (χ4n) is 1.66. The van der Waals surface area contributed by atoms with Gasteiger partial charge < -0.3 is 10.5 Å². The lowest BCUT2D eigenvalue weighted by Gasteiger charge is -2.07. The minimum absolute atomic E-state index is 0.0851. The Morgan fingerprint density at radius 3 is 2.58 bits per heavy atom. The van der Waals surface area contributed by atoms with Crippen molar-refractivity contribution in [2.24, 2.45) is 5.73 Å². The lowest BCUT2D eigenvalue weighted by Crippen LogP contribution is -2.17. The van der Waals surface area contributed by atoms with E-state index < -0.39 is 0 Å². The van der Waals surface area contributed by atoms with Crippen LogP contribution in [0.15, 0.2) is 30.6 Å². The normalized spacial score (nSPS) is 12.2. The maximum atomic E-state index is 6.08. The highest BCUT2D eigenvalue weighted by Crippen LogP contribution is 2.28. The highest BCUT2D eigenvalue weighted by atomic mass is 35.5. The molecule has 0 saturated heterocycles. The van der Waals surface area contributed by atoms with Gasteiger partial charge in [0.25, 0.3) is 0 Å². The Kier molecular flexibility index (Phi) is 4.35. The molecule has 0 aliphatic rings. The first kappa shape index (κ1) is 13.8. The molecule has 1 aromatic carbocycles. The molecule has 1 heterocycles. The highest BCUT2D eigenvalue weighted by molar-refractivity contribution is 6.32. The van der Waals surface area contributed by atoms with Gasteiger partial charge >= 0.3 is 6.01 Å². The van der Waals surface area contributed by atoms with E-state index in [0.717, 1.165) is 17.5 Å². The topological polar surface area (TPSA) is 61.0 Å². The molecule has 1 unspecified atom stereocenters. The molecule has 0 radical (unpaired) electrons. The summed E-state index contributed by atoms with van der Waals surface area (Å²) in [7, 11) is 0. The smallest absolute Gasteiger partial charge is 0.321 e. The van der Waals surface area contributed by atoms with Crippen molar-refractivity contribution in [3.63, 3.8) is 0 Å². The average Bonchev–Trinajstić information content (AvgIpc) is 2.34. The molecule has 100 valence electrons. The molecule has 2 rings (SSSR count). The van der Waals surface area contributed by atoms with Crippen molar-refractivity contribution < 1.29 is 4.74 Å². The maximum Gasteiger partial charge on any atom is 0.321 e. The van der Waals surface area contributed by atoms with Gasteiger partial charge in [0, 0.05) is 18.4 Å². The molecule has 19 heavy (non-hydrogen) atoms. The van der Waals surface area contributed by atoms with E-state index >= 15 is 0 Å². The number of hydrogen-bond acceptors (Lipinski definition) is 4. The lowest BCUT2D eigenvalue weighted by molar-refractivity contribution is 0.441. The predicted octanol–water partition coefficient (Wildman–Crippen LogP) is 3.12. The van der Waals surface area contributed by atoms with E-state index in [1.165, 1.54) is 0 Å². The van der Waals surface area contributed by atoms with E-state index in [0.29, 0.717) is 10.8 Å². The third-order valence-electron chi connectivity index (χ3n) is 2.53. The molecule has 1 aromatic heterocycles. The van der Waals surface area contributed by atoms with Gasteiger partial charge in [-0.1, -0.05) is 17.7 Å². The molecule has 2 aromatic rings. The molecule has 0 aliphatic heterocycles. The Morgan fingerprint density at radius 1 is 1.32 bits per heavy atom. The number of aromatic nitrogens is 2. The third-order valence-corrected chi connectivity index (χ3v) is 2.82. The Morgan fingerprint density at radius 2 is 2.00 bits per heavy atom. The molecule has 0 aliphatic carbocycles. The molecule has 2 N–H and O–H groups in total. The van der Waals surface area contributed by atoms with E-state index in [4.69, 9.17) is 22.1 Å². The molecule has 0 bridgehead atoms. The molecule has 0 fully saturated rings. The molecular formula is C14H16ClN3O. The van der Waals surface area contributed by atoms with Gasteiger partial charge in [-0.3, -0.25) is 0 Å². The summed E-state index contributed by atoms with van der Waals surface area (Å²) >= 11 is 6.08. The van der Waals surface area contributed by atoms with Crippen molar-refractivity contribution in [2.45, 2.75) is 26.3 Å². The van der Waals surface area contributed by atoms with Crippen LogP contribution in [0.4, 0.5) is 0 Å². The monoisotopic (exact) mass is 277 g/mol. The predicted molar refractivity (Wildman–Crippen MR) is 75.6 cm³/mol. The summed E-state index contributed by atoms with van der Waals surface area (Å²) in [5.74, 6) is 0.548. The third kappa shape index (κ3) is 3.91. The summed E-state index contributed by atoms with van der Waals surface area (Å²) in [6.07, 6.45) is 4.17. The van der Waals surface area contributed by atoms with Crippen LogP contribution in [0.1, 0.15) is 18.1 Å². The molecule has 4 nitrogen and oxygen atoms in total. The first-order valence-electron chi connectivity index (χ1n) is 6.05. The number of hydrogen-bond donors (Lipinski definition) is 1. The fourth-order valence-corrected chi connectivity index (χ4v) is 1.93. The van der Waals surface area contributed by atoms with Crippen LogP contribution >= 0.6 is 11.6 Å². The average molecular weight is 278 g/mol. The summed E-state index contributed by atoms with van der Waals surface area (Å²) in [6.45, 7) is 3.91. The van der Waals surface area contributed by atoms with Gasteiger partial charge in [-0.15, -0.1) is 0 Å². The van der Waals surface area contributed by atoms with E-state index in [1.807, 2.05) is 26.0 Å². The highest BCUT2D eigenvalue weighted by Gasteiger charge is 2.06. The van der Waals surface area contributed by atoms with Crippen LogP contribution < -0.4 is 10.5 Å². The zero-order valence-electron chi connectivity index (χ0n) is 10.9. The van der Waals surface area contributed by atoms with Gasteiger partial charge in [0.15, 0.2) is 0 Å². The van der Waals surface area contributed by atoms with Gasteiger partial charge in [0.2, 0.25) is 0 Å². The number of halogens is 1. The van der Waals surface area contributed by atoms with Crippen LogP contribution in [0.2, 0.25) is 5.02 Å². The zero-order valence-corrected chi connectivity index (χ0v) is 11.7. The van der Waals surface area contributed by atoms with Crippen LogP contribution in [0.5, 0.6) is 11.8 Å². The van der Waals surface area contributed by atoms with Gasteiger partial charge in [-0.25, -0.2) is 9.97 Å². The number of aryl methyl sites for hydroxylation is 1. The van der Waals surface area contributed by atoms with Crippen LogP contribution in [-0.2, 0) is 6.42 Å². The SMILES string of the molecule is Cc1ccc(Oc2ncc(CC(C)N)cn2)c(Cl)c1. The van der Waals surface area contributed by atoms with Crippen molar-refractivity contribution in [2.75, 3.05) is 0 Å². The van der Waals surface area contributed by atoms with Gasteiger partial charge in [0.05, 0.1) is 5.02 Å². The van der Waals surface area contributed by atoms with Crippen molar-refractivity contribution in [3.05, 3.63) is 46.7 Å². The summed E-state index contributed by atoms with van der Waals surface area (Å²) in [5.41, 5.74) is 7.77. The summed E-state index contributed by atoms with van der Waals surface area (Å²) in [5, 5.41) is 0.545. The van der Waals surface area contributed by atoms with E-state index in [2.05, 4.69) is 9.97 Å². The van der Waals surface area contributed by atoms with E-state index in [9.17, 15) is 0 Å². The second-order valence-corrected chi connectivity index (χ2v) is 5.00. The largest absolute Gasteiger partial charge is 0.423 e. The molecule has 5 heteroatoms. The minimum atomic E-state index is 0.0851. The van der Waals surface area contributed by atoms with Gasteiger partial charge in [-0.05, 0) is 43.5 Å². The summed E-state index contributed by atoms with van der Waals surface area (Å²) in [6, 6.07) is 5.92. The van der Waals surface area contributed by atoms with E-state index in [-0.39, 0.29) is 12.1 Å². The van der Waals surface area contributed by atoms with Crippen molar-refractivity contribution in [1.29, 1.82) is 0 Å². The number of nitrogens with zero attached hydrogens (tertiary/aromatic N) is 2. The Balaban J connectivity index is 2.10. The first-order valence-corrected chi connectivity index (χ1v) is 6.43. The number of nitrogens with two attached hydrogens (primary N) is 1. The van der Waals surface area contributed by atoms with Crippen molar-refractivity contribution in [1.82, 2.24) is 9.97 Å². The second kappa shape index (κ2) is 5.99. The summed E-state index contributed by atoms with van der Waals surface area (Å²) < 4.78 is 5.54. The van der Waals surface area contributed by atoms with E-state index in [1.54, 1.807) is 18.5 Å². The standard InChI is InChI=1S/C14H16ClN3O/c1-9-3-4-13(12(15)5-9)19-14-17-7-11(8-18-14)6-10(2)16/h3-5,7-8,10H,6,16H2,1-2H3.